The van der Waals surface area contributed by atoms with Crippen LogP contribution in [-0.4, -0.2) is 13.1 Å². The summed E-state index contributed by atoms with van der Waals surface area (Å²) in [5, 5.41) is 4.30. The number of benzene rings is 1. The van der Waals surface area contributed by atoms with Crippen molar-refractivity contribution >= 4 is 5.57 Å². The molecule has 1 radical (unpaired) electrons. The van der Waals surface area contributed by atoms with E-state index < -0.39 is 0 Å². The SMILES string of the molecule is Cc1cccc(C2=CC[N]CC2)c1. The van der Waals surface area contributed by atoms with E-state index in [2.05, 4.69) is 42.6 Å². The molecule has 0 unspecified atom stereocenters. The maximum Gasteiger partial charge on any atom is 0.0320 e. The minimum atomic E-state index is 0.892. The Bertz CT molecular complexity index is 326. The van der Waals surface area contributed by atoms with E-state index in [9.17, 15) is 0 Å². The Morgan fingerprint density at radius 1 is 1.31 bits per heavy atom. The van der Waals surface area contributed by atoms with Gasteiger partial charge in [-0.1, -0.05) is 35.9 Å². The summed E-state index contributed by atoms with van der Waals surface area (Å²) in [5.41, 5.74) is 4.16. The lowest BCUT2D eigenvalue weighted by Crippen LogP contribution is -2.12. The minimum Gasteiger partial charge on any atom is -0.237 e. The molecule has 67 valence electrons. The summed E-state index contributed by atoms with van der Waals surface area (Å²) >= 11 is 0. The molecule has 1 aliphatic heterocycles. The lowest BCUT2D eigenvalue weighted by atomic mass is 9.99. The third-order valence-electron chi connectivity index (χ3n) is 2.39. The second-order valence-corrected chi connectivity index (χ2v) is 3.48. The highest BCUT2D eigenvalue weighted by Crippen LogP contribution is 2.20. The largest absolute Gasteiger partial charge is 0.237 e. The lowest BCUT2D eigenvalue weighted by Gasteiger charge is -2.13. The average molecular weight is 172 g/mol. The molecular weight excluding hydrogens is 158 g/mol. The van der Waals surface area contributed by atoms with Gasteiger partial charge < -0.3 is 0 Å². The predicted molar refractivity (Wildman–Crippen MR) is 55.6 cm³/mol. The zero-order valence-electron chi connectivity index (χ0n) is 7.96. The molecule has 0 bridgehead atoms. The maximum absolute atomic E-state index is 4.30. The first-order valence-electron chi connectivity index (χ1n) is 4.75. The molecule has 1 heterocycles. The molecule has 1 nitrogen and oxygen atoms in total. The third kappa shape index (κ3) is 1.99. The molecule has 0 saturated carbocycles. The van der Waals surface area contributed by atoms with Crippen LogP contribution >= 0.6 is 0 Å². The van der Waals surface area contributed by atoms with Crippen molar-refractivity contribution in [1.82, 2.24) is 5.32 Å². The predicted octanol–water partition coefficient (Wildman–Crippen LogP) is 2.39. The molecular formula is C12H14N. The summed E-state index contributed by atoms with van der Waals surface area (Å²) in [5.74, 6) is 0. The Labute approximate surface area is 79.5 Å². The number of rotatable bonds is 1. The molecule has 2 rings (SSSR count). The summed E-state index contributed by atoms with van der Waals surface area (Å²) in [7, 11) is 0. The molecule has 0 aliphatic carbocycles. The first kappa shape index (κ1) is 8.52. The van der Waals surface area contributed by atoms with Crippen LogP contribution in [0.1, 0.15) is 17.5 Å². The van der Waals surface area contributed by atoms with Gasteiger partial charge in [0.1, 0.15) is 0 Å². The summed E-state index contributed by atoms with van der Waals surface area (Å²) in [6, 6.07) is 8.69. The van der Waals surface area contributed by atoms with E-state index >= 15 is 0 Å². The Hall–Kier alpha value is -1.08. The van der Waals surface area contributed by atoms with Crippen molar-refractivity contribution in [3.05, 3.63) is 41.5 Å². The van der Waals surface area contributed by atoms with E-state index in [1.807, 2.05) is 0 Å². The van der Waals surface area contributed by atoms with Crippen molar-refractivity contribution in [3.63, 3.8) is 0 Å². The molecule has 1 aromatic carbocycles. The molecule has 1 aliphatic rings. The molecule has 0 aromatic heterocycles. The molecule has 1 heteroatoms. The van der Waals surface area contributed by atoms with Crippen LogP contribution in [0.25, 0.3) is 5.57 Å². The van der Waals surface area contributed by atoms with Crippen molar-refractivity contribution in [3.8, 4) is 0 Å². The van der Waals surface area contributed by atoms with Gasteiger partial charge in [0.25, 0.3) is 0 Å². The normalized spacial score (nSPS) is 16.8. The van der Waals surface area contributed by atoms with E-state index in [4.69, 9.17) is 0 Å². The lowest BCUT2D eigenvalue weighted by molar-refractivity contribution is 0.723. The Morgan fingerprint density at radius 3 is 2.92 bits per heavy atom. The Morgan fingerprint density at radius 2 is 2.23 bits per heavy atom. The van der Waals surface area contributed by atoms with Gasteiger partial charge >= 0.3 is 0 Å². The fourth-order valence-corrected chi connectivity index (χ4v) is 1.67. The summed E-state index contributed by atoms with van der Waals surface area (Å²) in [6.45, 7) is 4.01. The van der Waals surface area contributed by atoms with E-state index in [0.717, 1.165) is 19.5 Å². The fraction of sp³-hybridized carbons (Fsp3) is 0.333. The molecule has 0 spiro atoms. The summed E-state index contributed by atoms with van der Waals surface area (Å²) in [4.78, 5) is 0. The number of hydrogen-bond acceptors (Lipinski definition) is 0. The maximum atomic E-state index is 4.30. The van der Waals surface area contributed by atoms with Gasteiger partial charge in [-0.2, -0.15) is 0 Å². The van der Waals surface area contributed by atoms with E-state index in [1.165, 1.54) is 16.7 Å². The van der Waals surface area contributed by atoms with Crippen LogP contribution < -0.4 is 5.32 Å². The molecule has 0 atom stereocenters. The number of nitrogens with zero attached hydrogens (tertiary/aromatic N) is 1. The molecule has 0 N–H and O–H groups in total. The second kappa shape index (κ2) is 3.75. The van der Waals surface area contributed by atoms with Gasteiger partial charge in [-0.25, -0.2) is 5.32 Å². The van der Waals surface area contributed by atoms with Crippen molar-refractivity contribution in [2.24, 2.45) is 0 Å². The van der Waals surface area contributed by atoms with Crippen molar-refractivity contribution in [2.75, 3.05) is 13.1 Å². The average Bonchev–Trinajstić information content (AvgIpc) is 2.19. The van der Waals surface area contributed by atoms with Crippen molar-refractivity contribution < 1.29 is 0 Å². The fourth-order valence-electron chi connectivity index (χ4n) is 1.67. The summed E-state index contributed by atoms with van der Waals surface area (Å²) < 4.78 is 0. The van der Waals surface area contributed by atoms with Crippen LogP contribution in [0.15, 0.2) is 30.3 Å². The van der Waals surface area contributed by atoms with Crippen molar-refractivity contribution in [2.45, 2.75) is 13.3 Å². The van der Waals surface area contributed by atoms with E-state index in [-0.39, 0.29) is 0 Å². The Kier molecular flexibility index (Phi) is 2.46. The molecule has 0 saturated heterocycles. The van der Waals surface area contributed by atoms with E-state index in [0.29, 0.717) is 0 Å². The van der Waals surface area contributed by atoms with Gasteiger partial charge in [0.15, 0.2) is 0 Å². The van der Waals surface area contributed by atoms with Gasteiger partial charge in [-0.15, -0.1) is 0 Å². The number of hydrogen-bond donors (Lipinski definition) is 0. The van der Waals surface area contributed by atoms with Gasteiger partial charge in [0.2, 0.25) is 0 Å². The zero-order chi connectivity index (χ0) is 9.10. The first-order valence-corrected chi connectivity index (χ1v) is 4.75. The van der Waals surface area contributed by atoms with Crippen molar-refractivity contribution in [1.29, 1.82) is 0 Å². The van der Waals surface area contributed by atoms with Crippen LogP contribution in [-0.2, 0) is 0 Å². The van der Waals surface area contributed by atoms with Crippen LogP contribution in [0.3, 0.4) is 0 Å². The van der Waals surface area contributed by atoms with Gasteiger partial charge in [0, 0.05) is 13.1 Å². The highest BCUT2D eigenvalue weighted by Gasteiger charge is 2.05. The van der Waals surface area contributed by atoms with Gasteiger partial charge in [-0.3, -0.25) is 0 Å². The molecule has 1 aromatic rings. The highest BCUT2D eigenvalue weighted by atomic mass is 14.8. The molecule has 0 amide bonds. The van der Waals surface area contributed by atoms with Crippen LogP contribution in [0.2, 0.25) is 0 Å². The van der Waals surface area contributed by atoms with Gasteiger partial charge in [-0.05, 0) is 24.5 Å². The summed E-state index contributed by atoms with van der Waals surface area (Å²) in [6.07, 6.45) is 3.34. The quantitative estimate of drug-likeness (QED) is 0.617. The smallest absolute Gasteiger partial charge is 0.0320 e. The molecule has 0 fully saturated rings. The standard InChI is InChI=1S/C12H14N/c1-10-3-2-4-12(9-10)11-5-7-13-8-6-11/h2-5,9H,6-8H2,1H3. The van der Waals surface area contributed by atoms with E-state index in [1.54, 1.807) is 0 Å². The first-order chi connectivity index (χ1) is 6.36. The highest BCUT2D eigenvalue weighted by molar-refractivity contribution is 5.66. The molecule has 13 heavy (non-hydrogen) atoms. The van der Waals surface area contributed by atoms with Crippen LogP contribution in [0, 0.1) is 6.92 Å². The Balaban J connectivity index is 2.29. The monoisotopic (exact) mass is 172 g/mol. The third-order valence-corrected chi connectivity index (χ3v) is 2.39. The second-order valence-electron chi connectivity index (χ2n) is 3.48. The van der Waals surface area contributed by atoms with Gasteiger partial charge in [0.05, 0.1) is 0 Å². The van der Waals surface area contributed by atoms with Crippen LogP contribution in [0.5, 0.6) is 0 Å². The number of aryl methyl sites for hydroxylation is 1. The minimum absolute atomic E-state index is 0.892. The zero-order valence-corrected chi connectivity index (χ0v) is 7.96. The van der Waals surface area contributed by atoms with Crippen LogP contribution in [0.4, 0.5) is 0 Å². The topological polar surface area (TPSA) is 14.1 Å².